The van der Waals surface area contributed by atoms with Gasteiger partial charge in [-0.15, -0.1) is 0 Å². The molecule has 2 atom stereocenters. The van der Waals surface area contributed by atoms with Crippen molar-refractivity contribution in [2.24, 2.45) is 5.84 Å². The van der Waals surface area contributed by atoms with Crippen LogP contribution in [0.3, 0.4) is 0 Å². The molecule has 1 aromatic rings. The average molecular weight is 248 g/mol. The van der Waals surface area contributed by atoms with Gasteiger partial charge in [0.15, 0.2) is 0 Å². The molecular formula is C15H24N2O. The fourth-order valence-corrected chi connectivity index (χ4v) is 2.85. The molecule has 0 radical (unpaired) electrons. The van der Waals surface area contributed by atoms with Gasteiger partial charge in [-0.05, 0) is 51.2 Å². The lowest BCUT2D eigenvalue weighted by Gasteiger charge is -2.41. The Kier molecular flexibility index (Phi) is 4.05. The zero-order valence-corrected chi connectivity index (χ0v) is 11.6. The summed E-state index contributed by atoms with van der Waals surface area (Å²) in [5.41, 5.74) is 6.54. The molecule has 100 valence electrons. The summed E-state index contributed by atoms with van der Waals surface area (Å²) >= 11 is 0. The number of nitrogens with one attached hydrogen (secondary N) is 1. The van der Waals surface area contributed by atoms with Crippen LogP contribution in [0.2, 0.25) is 0 Å². The molecule has 1 saturated heterocycles. The van der Waals surface area contributed by atoms with E-state index in [4.69, 9.17) is 10.6 Å². The normalized spacial score (nSPS) is 26.0. The molecule has 3 heteroatoms. The zero-order valence-electron chi connectivity index (χ0n) is 11.6. The van der Waals surface area contributed by atoms with Crippen LogP contribution in [0.25, 0.3) is 0 Å². The molecule has 0 aromatic heterocycles. The van der Waals surface area contributed by atoms with E-state index in [1.54, 1.807) is 0 Å². The third-order valence-electron chi connectivity index (χ3n) is 4.02. The number of ether oxygens (including phenoxy) is 1. The van der Waals surface area contributed by atoms with Crippen molar-refractivity contribution in [3.8, 4) is 0 Å². The molecule has 1 heterocycles. The number of nitrogens with two attached hydrogens (primary N) is 1. The van der Waals surface area contributed by atoms with Crippen LogP contribution in [0, 0.1) is 13.8 Å². The molecule has 0 bridgehead atoms. The quantitative estimate of drug-likeness (QED) is 0.638. The first-order valence-corrected chi connectivity index (χ1v) is 6.74. The van der Waals surface area contributed by atoms with Gasteiger partial charge >= 0.3 is 0 Å². The summed E-state index contributed by atoms with van der Waals surface area (Å²) in [6.45, 7) is 7.24. The van der Waals surface area contributed by atoms with Crippen LogP contribution in [0.5, 0.6) is 0 Å². The van der Waals surface area contributed by atoms with Gasteiger partial charge in [0.25, 0.3) is 0 Å². The second kappa shape index (κ2) is 5.39. The van der Waals surface area contributed by atoms with Crippen molar-refractivity contribution in [3.63, 3.8) is 0 Å². The average Bonchev–Trinajstić information content (AvgIpc) is 2.35. The summed E-state index contributed by atoms with van der Waals surface area (Å²) < 4.78 is 6.03. The van der Waals surface area contributed by atoms with E-state index in [0.29, 0.717) is 0 Å². The monoisotopic (exact) mass is 248 g/mol. The highest BCUT2D eigenvalue weighted by Gasteiger charge is 2.37. The van der Waals surface area contributed by atoms with Crippen molar-refractivity contribution in [2.75, 3.05) is 6.61 Å². The van der Waals surface area contributed by atoms with Gasteiger partial charge in [-0.1, -0.05) is 23.8 Å². The van der Waals surface area contributed by atoms with Crippen molar-refractivity contribution >= 4 is 0 Å². The fourth-order valence-electron chi connectivity index (χ4n) is 2.85. The highest BCUT2D eigenvalue weighted by molar-refractivity contribution is 5.34. The predicted octanol–water partition coefficient (Wildman–Crippen LogP) is 2.77. The molecule has 3 nitrogen and oxygen atoms in total. The van der Waals surface area contributed by atoms with Crippen molar-refractivity contribution in [3.05, 3.63) is 34.9 Å². The molecule has 3 N–H and O–H groups in total. The molecular weight excluding hydrogens is 224 g/mol. The van der Waals surface area contributed by atoms with E-state index >= 15 is 0 Å². The van der Waals surface area contributed by atoms with Gasteiger partial charge in [0.2, 0.25) is 0 Å². The van der Waals surface area contributed by atoms with Crippen molar-refractivity contribution in [1.29, 1.82) is 0 Å². The van der Waals surface area contributed by atoms with Crippen LogP contribution in [-0.4, -0.2) is 12.2 Å². The Morgan fingerprint density at radius 2 is 2.11 bits per heavy atom. The zero-order chi connectivity index (χ0) is 13.2. The molecule has 1 fully saturated rings. The maximum atomic E-state index is 6.03. The topological polar surface area (TPSA) is 47.3 Å². The van der Waals surface area contributed by atoms with Crippen LogP contribution < -0.4 is 11.3 Å². The van der Waals surface area contributed by atoms with Gasteiger partial charge in [-0.2, -0.15) is 0 Å². The fraction of sp³-hybridized carbons (Fsp3) is 0.600. The lowest BCUT2D eigenvalue weighted by molar-refractivity contribution is -0.0900. The molecule has 2 unspecified atom stereocenters. The minimum Gasteiger partial charge on any atom is -0.373 e. The highest BCUT2D eigenvalue weighted by atomic mass is 16.5. The number of rotatable bonds is 3. The number of hydrogen-bond acceptors (Lipinski definition) is 3. The highest BCUT2D eigenvalue weighted by Crippen LogP contribution is 2.37. The largest absolute Gasteiger partial charge is 0.373 e. The Labute approximate surface area is 110 Å². The summed E-state index contributed by atoms with van der Waals surface area (Å²) in [4.78, 5) is 0. The first-order chi connectivity index (χ1) is 8.57. The van der Waals surface area contributed by atoms with E-state index in [1.807, 2.05) is 0 Å². The molecule has 0 aliphatic carbocycles. The van der Waals surface area contributed by atoms with E-state index in [1.165, 1.54) is 23.1 Å². The Morgan fingerprint density at radius 3 is 2.72 bits per heavy atom. The smallest absolute Gasteiger partial charge is 0.0861 e. The van der Waals surface area contributed by atoms with E-state index in [9.17, 15) is 0 Å². The SMILES string of the molecule is Cc1ccc(C)c(C(NN)C2(C)CCCCO2)c1. The van der Waals surface area contributed by atoms with Gasteiger partial charge < -0.3 is 4.74 Å². The maximum absolute atomic E-state index is 6.03. The standard InChI is InChI=1S/C15H24N2O/c1-11-6-7-12(2)13(10-11)14(17-16)15(3)8-4-5-9-18-15/h6-7,10,14,17H,4-5,8-9,16H2,1-3H3. The first-order valence-electron chi connectivity index (χ1n) is 6.74. The Balaban J connectivity index is 2.35. The third-order valence-corrected chi connectivity index (χ3v) is 4.02. The number of hydrogen-bond donors (Lipinski definition) is 2. The molecule has 1 aromatic carbocycles. The molecule has 0 amide bonds. The molecule has 1 aliphatic heterocycles. The number of aryl methyl sites for hydroxylation is 2. The molecule has 0 spiro atoms. The second-order valence-electron chi connectivity index (χ2n) is 5.58. The summed E-state index contributed by atoms with van der Waals surface area (Å²) in [6.07, 6.45) is 3.41. The van der Waals surface area contributed by atoms with E-state index in [-0.39, 0.29) is 11.6 Å². The van der Waals surface area contributed by atoms with E-state index in [0.717, 1.165) is 19.4 Å². The minimum absolute atomic E-state index is 0.0534. The van der Waals surface area contributed by atoms with E-state index < -0.39 is 0 Å². The first kappa shape index (κ1) is 13.5. The summed E-state index contributed by atoms with van der Waals surface area (Å²) in [5.74, 6) is 5.81. The Bertz CT molecular complexity index is 411. The predicted molar refractivity (Wildman–Crippen MR) is 74.2 cm³/mol. The lowest BCUT2D eigenvalue weighted by atomic mass is 9.82. The summed E-state index contributed by atoms with van der Waals surface area (Å²) in [7, 11) is 0. The molecule has 2 rings (SSSR count). The second-order valence-corrected chi connectivity index (χ2v) is 5.58. The Morgan fingerprint density at radius 1 is 1.33 bits per heavy atom. The van der Waals surface area contributed by atoms with Gasteiger partial charge in [0, 0.05) is 6.61 Å². The van der Waals surface area contributed by atoms with E-state index in [2.05, 4.69) is 44.4 Å². The van der Waals surface area contributed by atoms with Crippen LogP contribution in [0.15, 0.2) is 18.2 Å². The van der Waals surface area contributed by atoms with Crippen molar-refractivity contribution in [1.82, 2.24) is 5.43 Å². The Hall–Kier alpha value is -0.900. The van der Waals surface area contributed by atoms with Crippen LogP contribution in [-0.2, 0) is 4.74 Å². The molecule has 18 heavy (non-hydrogen) atoms. The van der Waals surface area contributed by atoms with Crippen LogP contribution in [0.1, 0.15) is 48.9 Å². The number of benzene rings is 1. The van der Waals surface area contributed by atoms with Crippen LogP contribution in [0.4, 0.5) is 0 Å². The van der Waals surface area contributed by atoms with Gasteiger partial charge in [0.1, 0.15) is 0 Å². The van der Waals surface area contributed by atoms with Crippen molar-refractivity contribution < 1.29 is 4.74 Å². The lowest BCUT2D eigenvalue weighted by Crippen LogP contribution is -2.48. The van der Waals surface area contributed by atoms with Gasteiger partial charge in [-0.3, -0.25) is 11.3 Å². The molecule has 0 saturated carbocycles. The summed E-state index contributed by atoms with van der Waals surface area (Å²) in [5, 5.41) is 0. The third kappa shape index (κ3) is 2.58. The minimum atomic E-state index is -0.203. The number of hydrazine groups is 1. The van der Waals surface area contributed by atoms with Crippen molar-refractivity contribution in [2.45, 2.75) is 51.7 Å². The summed E-state index contributed by atoms with van der Waals surface area (Å²) in [6, 6.07) is 6.55. The van der Waals surface area contributed by atoms with Gasteiger partial charge in [-0.25, -0.2) is 0 Å². The van der Waals surface area contributed by atoms with Gasteiger partial charge in [0.05, 0.1) is 11.6 Å². The van der Waals surface area contributed by atoms with Crippen LogP contribution >= 0.6 is 0 Å². The maximum Gasteiger partial charge on any atom is 0.0861 e. The molecule has 1 aliphatic rings.